The molecule has 5 N–H and O–H groups in total. The number of nitrogens with zero attached hydrogens (tertiary/aromatic N) is 7. The topological polar surface area (TPSA) is 175 Å². The molecule has 2 fully saturated rings. The summed E-state index contributed by atoms with van der Waals surface area (Å²) in [6.07, 6.45) is 7.79. The summed E-state index contributed by atoms with van der Waals surface area (Å²) in [5.41, 5.74) is 12.2. The zero-order chi connectivity index (χ0) is 45.7. The zero-order valence-corrected chi connectivity index (χ0v) is 37.7. The molecule has 0 spiro atoms. The van der Waals surface area contributed by atoms with Gasteiger partial charge < -0.3 is 25.4 Å². The van der Waals surface area contributed by atoms with Crippen LogP contribution < -0.4 is 27.5 Å². The van der Waals surface area contributed by atoms with Crippen LogP contribution in [0.1, 0.15) is 47.7 Å². The second-order valence-electron chi connectivity index (χ2n) is 16.7. The Kier molecular flexibility index (Phi) is 14.3. The van der Waals surface area contributed by atoms with Crippen LogP contribution in [-0.2, 0) is 32.6 Å². The fraction of sp³-hybridized carbons (Fsp3) is 0.383. The maximum atomic E-state index is 16.3. The largest absolute Gasteiger partial charge is 0.403 e. The van der Waals surface area contributed by atoms with Crippen LogP contribution in [0.4, 0.5) is 10.1 Å². The number of nitrogens with one attached hydrogen (secondary N) is 1. The molecule has 1 unspecified atom stereocenters. The number of hydrogen-bond donors (Lipinski definition) is 3. The molecule has 17 heteroatoms. The van der Waals surface area contributed by atoms with Crippen LogP contribution in [-0.4, -0.2) is 119 Å². The van der Waals surface area contributed by atoms with Gasteiger partial charge in [0, 0.05) is 120 Å². The molecular formula is C47H57FN10O5S. The quantitative estimate of drug-likeness (QED) is 0.0708. The van der Waals surface area contributed by atoms with Crippen molar-refractivity contribution in [2.45, 2.75) is 45.1 Å². The second-order valence-corrected chi connectivity index (χ2v) is 18.0. The van der Waals surface area contributed by atoms with Crippen molar-refractivity contribution in [2.75, 3.05) is 71.4 Å². The van der Waals surface area contributed by atoms with Gasteiger partial charge >= 0.3 is 5.69 Å². The smallest absolute Gasteiger partial charge is 0.329 e. The third kappa shape index (κ3) is 9.91. The van der Waals surface area contributed by atoms with E-state index in [9.17, 15) is 24.0 Å². The molecule has 2 saturated heterocycles. The molecule has 338 valence electrons. The zero-order valence-electron chi connectivity index (χ0n) is 36.9. The number of carbonyl (C=O) groups is 4. The lowest BCUT2D eigenvalue weighted by atomic mass is 9.93. The van der Waals surface area contributed by atoms with E-state index in [2.05, 4.69) is 51.5 Å². The Labute approximate surface area is 375 Å². The normalized spacial score (nSPS) is 17.1. The van der Waals surface area contributed by atoms with Crippen molar-refractivity contribution in [3.8, 4) is 11.1 Å². The highest BCUT2D eigenvalue weighted by atomic mass is 32.1. The van der Waals surface area contributed by atoms with Gasteiger partial charge in [-0.25, -0.2) is 15.0 Å². The van der Waals surface area contributed by atoms with Crippen molar-refractivity contribution < 1.29 is 23.6 Å². The molecule has 0 bridgehead atoms. The molecule has 5 heterocycles. The van der Waals surface area contributed by atoms with Crippen LogP contribution in [0.2, 0.25) is 0 Å². The van der Waals surface area contributed by atoms with Gasteiger partial charge in [0.15, 0.2) is 0 Å². The van der Waals surface area contributed by atoms with E-state index >= 15 is 4.39 Å². The maximum absolute atomic E-state index is 16.3. The lowest BCUT2D eigenvalue weighted by molar-refractivity contribution is -0.136. The van der Waals surface area contributed by atoms with E-state index in [1.165, 1.54) is 38.2 Å². The molecule has 0 aliphatic carbocycles. The second kappa shape index (κ2) is 20.0. The van der Waals surface area contributed by atoms with Crippen LogP contribution >= 0.6 is 11.3 Å². The lowest BCUT2D eigenvalue weighted by Gasteiger charge is -2.36. The van der Waals surface area contributed by atoms with Gasteiger partial charge in [0.1, 0.15) is 11.9 Å². The minimum Gasteiger partial charge on any atom is -0.403 e. The van der Waals surface area contributed by atoms with Gasteiger partial charge in [-0.3, -0.25) is 38.5 Å². The molecule has 0 saturated carbocycles. The predicted octanol–water partition coefficient (Wildman–Crippen LogP) is 4.33. The molecule has 3 aliphatic heterocycles. The number of aromatic nitrogens is 2. The monoisotopic (exact) mass is 892 g/mol. The van der Waals surface area contributed by atoms with Crippen LogP contribution in [0.25, 0.3) is 37.8 Å². The van der Waals surface area contributed by atoms with E-state index in [1.54, 1.807) is 30.6 Å². The Hall–Kier alpha value is -6.30. The lowest BCUT2D eigenvalue weighted by Crippen LogP contribution is -2.47. The number of piperazine rings is 1. The van der Waals surface area contributed by atoms with Gasteiger partial charge in [-0.05, 0) is 78.8 Å². The highest BCUT2D eigenvalue weighted by Crippen LogP contribution is 2.40. The third-order valence-corrected chi connectivity index (χ3v) is 13.2. The average Bonchev–Trinajstić information content (AvgIpc) is 3.81. The summed E-state index contributed by atoms with van der Waals surface area (Å²) in [4.78, 5) is 69.5. The molecule has 1 atom stereocenters. The van der Waals surface area contributed by atoms with Crippen molar-refractivity contribution in [3.05, 3.63) is 105 Å². The number of hydrazine groups is 1. The summed E-state index contributed by atoms with van der Waals surface area (Å²) < 4.78 is 20.1. The molecule has 5 aromatic rings. The highest BCUT2D eigenvalue weighted by molar-refractivity contribution is 7.19. The van der Waals surface area contributed by atoms with Crippen molar-refractivity contribution in [1.82, 2.24) is 34.2 Å². The minimum atomic E-state index is -0.709. The Bertz CT molecular complexity index is 2660. The van der Waals surface area contributed by atoms with Gasteiger partial charge in [-0.15, -0.1) is 11.3 Å². The van der Waals surface area contributed by atoms with E-state index in [0.29, 0.717) is 48.3 Å². The van der Waals surface area contributed by atoms with Crippen LogP contribution in [0, 0.1) is 12.7 Å². The Morgan fingerprint density at radius 2 is 1.75 bits per heavy atom. The highest BCUT2D eigenvalue weighted by Gasteiger charge is 2.32. The summed E-state index contributed by atoms with van der Waals surface area (Å²) in [5.74, 6) is 4.84. The number of thiophene rings is 1. The van der Waals surface area contributed by atoms with Gasteiger partial charge in [-0.2, -0.15) is 0 Å². The fourth-order valence-corrected chi connectivity index (χ4v) is 9.77. The molecule has 64 heavy (non-hydrogen) atoms. The number of halogens is 1. The van der Waals surface area contributed by atoms with Crippen molar-refractivity contribution >= 4 is 67.8 Å². The molecule has 3 aromatic carbocycles. The third-order valence-electron chi connectivity index (χ3n) is 12.1. The van der Waals surface area contributed by atoms with Gasteiger partial charge in [0.05, 0.1) is 15.7 Å². The number of imidazole rings is 1. The number of nitrogens with two attached hydrogens (primary N) is 2. The van der Waals surface area contributed by atoms with E-state index in [4.69, 9.17) is 11.6 Å². The Morgan fingerprint density at radius 3 is 2.44 bits per heavy atom. The SMILES string of the molecule is CN(C)C=O.Cc1cc2c(-c3ccc(N4CCN(CCc5cccc6c5n(C)c(=O)n6C5CCC(=O)NC5=O)CC4)cc3)cc(C3=CCCN(C(=O)CCN(N)/C=C\N)C3)c(F)c2s1. The van der Waals surface area contributed by atoms with E-state index in [-0.39, 0.29) is 36.2 Å². The molecule has 3 aliphatic rings. The molecule has 2 aromatic heterocycles. The van der Waals surface area contributed by atoms with Gasteiger partial charge in [0.25, 0.3) is 0 Å². The Balaban J connectivity index is 0.00000116. The summed E-state index contributed by atoms with van der Waals surface area (Å²) >= 11 is 1.45. The summed E-state index contributed by atoms with van der Waals surface area (Å²) in [6.45, 7) is 7.56. The number of imide groups is 1. The molecular weight excluding hydrogens is 836 g/mol. The first-order valence-corrected chi connectivity index (χ1v) is 22.4. The van der Waals surface area contributed by atoms with Crippen LogP contribution in [0.5, 0.6) is 0 Å². The first kappa shape index (κ1) is 45.7. The number of aryl methyl sites for hydroxylation is 2. The average molecular weight is 893 g/mol. The number of anilines is 1. The molecule has 15 nitrogen and oxygen atoms in total. The first-order chi connectivity index (χ1) is 30.8. The number of amides is 4. The van der Waals surface area contributed by atoms with E-state index in [1.807, 2.05) is 31.2 Å². The number of benzene rings is 3. The van der Waals surface area contributed by atoms with Crippen molar-refractivity contribution in [1.29, 1.82) is 0 Å². The van der Waals surface area contributed by atoms with Crippen LogP contribution in [0.3, 0.4) is 0 Å². The number of hydrogen-bond acceptors (Lipinski definition) is 11. The summed E-state index contributed by atoms with van der Waals surface area (Å²) in [5, 5.41) is 4.65. The van der Waals surface area contributed by atoms with Gasteiger partial charge in [0.2, 0.25) is 24.1 Å². The summed E-state index contributed by atoms with van der Waals surface area (Å²) in [6, 6.07) is 17.7. The number of fused-ring (bicyclic) bond motifs is 2. The van der Waals surface area contributed by atoms with E-state index in [0.717, 1.165) is 89.3 Å². The van der Waals surface area contributed by atoms with Gasteiger partial charge in [-0.1, -0.05) is 30.3 Å². The maximum Gasteiger partial charge on any atom is 0.329 e. The number of piperidine rings is 1. The van der Waals surface area contributed by atoms with Crippen molar-refractivity contribution in [2.24, 2.45) is 18.6 Å². The number of para-hydroxylation sites is 1. The van der Waals surface area contributed by atoms with E-state index < -0.39 is 11.9 Å². The standard InChI is InChI=1S/C44H50FN9O4S.C3H7NO/c1-28-25-35-33(26-34(40(45)42(35)59-28)31-6-4-17-52(27-31)39(56)15-19-53(47)20-16-46)29-8-10-32(11-9-29)51-23-21-50(22-24-51)18-14-30-5-3-7-36-41(30)49(2)44(58)54(36)37-12-13-38(55)48-43(37)57;1-4(2)3-5/h3,5-11,16,20,25-26,37H,4,12-15,17-19,21-24,27,46-47H2,1-2H3,(H,48,55,57);3H,1-2H3/b20-16-;. The summed E-state index contributed by atoms with van der Waals surface area (Å²) in [7, 11) is 5.12. The Morgan fingerprint density at radius 1 is 1.02 bits per heavy atom. The molecule has 4 amide bonds. The first-order valence-electron chi connectivity index (χ1n) is 21.6. The van der Waals surface area contributed by atoms with Crippen LogP contribution in [0.15, 0.2) is 77.9 Å². The number of carbonyl (C=O) groups excluding carboxylic acids is 4. The predicted molar refractivity (Wildman–Crippen MR) is 251 cm³/mol. The number of rotatable bonds is 12. The minimum absolute atomic E-state index is 0.0356. The molecule has 8 rings (SSSR count). The van der Waals surface area contributed by atoms with Crippen molar-refractivity contribution in [3.63, 3.8) is 0 Å². The molecule has 0 radical (unpaired) electrons. The fourth-order valence-electron chi connectivity index (χ4n) is 8.79.